The van der Waals surface area contributed by atoms with Crippen LogP contribution in [0.3, 0.4) is 0 Å². The number of phenolic OH excluding ortho intramolecular Hbond substituents is 2. The van der Waals surface area contributed by atoms with Crippen molar-refractivity contribution < 1.29 is 10.2 Å². The Morgan fingerprint density at radius 1 is 0.680 bits per heavy atom. The van der Waals surface area contributed by atoms with E-state index in [9.17, 15) is 10.2 Å². The monoisotopic (exact) mass is 340 g/mol. The summed E-state index contributed by atoms with van der Waals surface area (Å²) in [6, 6.07) is 15.4. The van der Waals surface area contributed by atoms with Gasteiger partial charge in [-0.05, 0) is 66.5 Å². The smallest absolute Gasteiger partial charge is 0.115 e. The molecule has 2 nitrogen and oxygen atoms in total. The minimum absolute atomic E-state index is 0.162. The van der Waals surface area contributed by atoms with Crippen molar-refractivity contribution >= 4 is 0 Å². The van der Waals surface area contributed by atoms with Crippen LogP contribution in [0.4, 0.5) is 0 Å². The molecular weight excluding hydrogens is 308 g/mol. The fourth-order valence-electron chi connectivity index (χ4n) is 3.86. The molecule has 0 saturated heterocycles. The average molecular weight is 341 g/mol. The van der Waals surface area contributed by atoms with Crippen LogP contribution in [0, 0.1) is 0 Å². The second kappa shape index (κ2) is 9.50. The summed E-state index contributed by atoms with van der Waals surface area (Å²) in [6.45, 7) is 4.51. The van der Waals surface area contributed by atoms with Crippen molar-refractivity contribution in [2.75, 3.05) is 0 Å². The van der Waals surface area contributed by atoms with Crippen LogP contribution in [0.5, 0.6) is 11.5 Å². The Morgan fingerprint density at radius 2 is 1.28 bits per heavy atom. The van der Waals surface area contributed by atoms with Crippen molar-refractivity contribution in [3.8, 4) is 11.5 Å². The van der Waals surface area contributed by atoms with E-state index < -0.39 is 0 Å². The zero-order valence-electron chi connectivity index (χ0n) is 15.7. The summed E-state index contributed by atoms with van der Waals surface area (Å²) in [7, 11) is 0. The molecule has 0 saturated carbocycles. The Kier molecular flexibility index (Phi) is 7.36. The Bertz CT molecular complexity index is 616. The summed E-state index contributed by atoms with van der Waals surface area (Å²) in [5.41, 5.74) is 2.78. The van der Waals surface area contributed by atoms with Gasteiger partial charge in [-0.1, -0.05) is 63.8 Å². The Balaban J connectivity index is 2.24. The first-order valence-electron chi connectivity index (χ1n) is 9.67. The number of aromatic hydroxyl groups is 2. The molecule has 2 heteroatoms. The minimum atomic E-state index is 0.162. The van der Waals surface area contributed by atoms with Crippen molar-refractivity contribution in [1.29, 1.82) is 0 Å². The van der Waals surface area contributed by atoms with Gasteiger partial charge in [0.15, 0.2) is 0 Å². The summed E-state index contributed by atoms with van der Waals surface area (Å²) in [5, 5.41) is 19.2. The molecule has 2 aromatic rings. The lowest BCUT2D eigenvalue weighted by Crippen LogP contribution is -2.27. The highest BCUT2D eigenvalue weighted by atomic mass is 16.3. The van der Waals surface area contributed by atoms with Crippen LogP contribution in [0.2, 0.25) is 0 Å². The van der Waals surface area contributed by atoms with Gasteiger partial charge in [0, 0.05) is 0 Å². The van der Waals surface area contributed by atoms with Crippen LogP contribution in [-0.4, -0.2) is 10.2 Å². The van der Waals surface area contributed by atoms with Gasteiger partial charge in [0.1, 0.15) is 11.5 Å². The first-order chi connectivity index (χ1) is 12.1. The summed E-state index contributed by atoms with van der Waals surface area (Å²) in [6.07, 6.45) is 9.36. The second-order valence-electron chi connectivity index (χ2n) is 7.20. The van der Waals surface area contributed by atoms with Gasteiger partial charge in [-0.25, -0.2) is 0 Å². The van der Waals surface area contributed by atoms with Gasteiger partial charge in [0.25, 0.3) is 0 Å². The molecular formula is C23H32O2. The minimum Gasteiger partial charge on any atom is -0.508 e. The number of hydrogen-bond acceptors (Lipinski definition) is 2. The van der Waals surface area contributed by atoms with Gasteiger partial charge >= 0.3 is 0 Å². The lowest BCUT2D eigenvalue weighted by Gasteiger charge is -2.35. The third-order valence-corrected chi connectivity index (χ3v) is 5.30. The van der Waals surface area contributed by atoms with Crippen molar-refractivity contribution in [2.24, 2.45) is 0 Å². The van der Waals surface area contributed by atoms with Gasteiger partial charge in [-0.3, -0.25) is 0 Å². The fourth-order valence-corrected chi connectivity index (χ4v) is 3.86. The van der Waals surface area contributed by atoms with E-state index in [0.29, 0.717) is 11.5 Å². The quantitative estimate of drug-likeness (QED) is 0.495. The molecule has 2 rings (SSSR count). The zero-order valence-corrected chi connectivity index (χ0v) is 15.7. The lowest BCUT2D eigenvalue weighted by molar-refractivity contribution is 0.321. The third-order valence-electron chi connectivity index (χ3n) is 5.30. The van der Waals surface area contributed by atoms with Gasteiger partial charge in [-0.2, -0.15) is 0 Å². The molecule has 2 aromatic carbocycles. The molecule has 0 bridgehead atoms. The summed E-state index contributed by atoms with van der Waals surface area (Å²) in [4.78, 5) is 0. The van der Waals surface area contributed by atoms with Gasteiger partial charge < -0.3 is 10.2 Å². The number of rotatable bonds is 10. The van der Waals surface area contributed by atoms with Crippen LogP contribution in [0.25, 0.3) is 0 Å². The van der Waals surface area contributed by atoms with Crippen molar-refractivity contribution in [1.82, 2.24) is 0 Å². The molecule has 0 amide bonds. The molecule has 136 valence electrons. The van der Waals surface area contributed by atoms with Crippen LogP contribution < -0.4 is 0 Å². The molecule has 0 aliphatic heterocycles. The molecule has 0 aromatic heterocycles. The Labute approximate surface area is 152 Å². The van der Waals surface area contributed by atoms with E-state index in [1.54, 1.807) is 12.1 Å². The predicted molar refractivity (Wildman–Crippen MR) is 105 cm³/mol. The van der Waals surface area contributed by atoms with Crippen molar-refractivity contribution in [3.63, 3.8) is 0 Å². The summed E-state index contributed by atoms with van der Waals surface area (Å²) < 4.78 is 0. The normalized spacial score (nSPS) is 13.5. The number of aryl methyl sites for hydroxylation is 1. The van der Waals surface area contributed by atoms with E-state index in [-0.39, 0.29) is 5.41 Å². The van der Waals surface area contributed by atoms with Crippen LogP contribution in [0.15, 0.2) is 48.5 Å². The topological polar surface area (TPSA) is 40.5 Å². The summed E-state index contributed by atoms with van der Waals surface area (Å²) >= 11 is 0. The molecule has 25 heavy (non-hydrogen) atoms. The van der Waals surface area contributed by atoms with Crippen LogP contribution in [0.1, 0.15) is 69.9 Å². The first-order valence-corrected chi connectivity index (χ1v) is 9.67. The highest BCUT2D eigenvalue weighted by Crippen LogP contribution is 2.40. The maximum atomic E-state index is 9.68. The summed E-state index contributed by atoms with van der Waals surface area (Å²) in [5.74, 6) is 0.659. The van der Waals surface area contributed by atoms with E-state index in [1.807, 2.05) is 24.3 Å². The fraction of sp³-hybridized carbons (Fsp3) is 0.478. The van der Waals surface area contributed by atoms with Crippen molar-refractivity contribution in [2.45, 2.75) is 70.6 Å². The lowest BCUT2D eigenvalue weighted by atomic mass is 9.69. The maximum absolute atomic E-state index is 9.68. The molecule has 0 fully saturated rings. The number of unbranched alkanes of at least 4 members (excludes halogenated alkanes) is 2. The molecule has 0 spiro atoms. The van der Waals surface area contributed by atoms with Gasteiger partial charge in [0.05, 0.1) is 0 Å². The Hall–Kier alpha value is -1.96. The molecule has 2 N–H and O–H groups in total. The number of hydrogen-bond donors (Lipinski definition) is 2. The Morgan fingerprint density at radius 3 is 1.84 bits per heavy atom. The van der Waals surface area contributed by atoms with E-state index in [0.717, 1.165) is 19.3 Å². The highest BCUT2D eigenvalue weighted by molar-refractivity contribution is 5.33. The van der Waals surface area contributed by atoms with Crippen LogP contribution in [-0.2, 0) is 11.8 Å². The second-order valence-corrected chi connectivity index (χ2v) is 7.20. The van der Waals surface area contributed by atoms with E-state index >= 15 is 0 Å². The molecule has 1 atom stereocenters. The SMILES string of the molecule is CCCCCC(CCC)(CCc1ccc(O)cc1)c1ccc(O)cc1. The first kappa shape index (κ1) is 19.4. The molecule has 0 heterocycles. The van der Waals surface area contributed by atoms with Gasteiger partial charge in [0.2, 0.25) is 0 Å². The number of phenols is 2. The molecule has 1 unspecified atom stereocenters. The highest BCUT2D eigenvalue weighted by Gasteiger charge is 2.30. The largest absolute Gasteiger partial charge is 0.508 e. The third kappa shape index (κ3) is 5.52. The van der Waals surface area contributed by atoms with E-state index in [1.165, 1.54) is 43.2 Å². The molecule has 0 radical (unpaired) electrons. The predicted octanol–water partition coefficient (Wildman–Crippen LogP) is 6.35. The zero-order chi connectivity index (χ0) is 18.1. The standard InChI is InChI=1S/C23H32O2/c1-3-5-6-17-23(16-4-2,20-9-13-22(25)14-10-20)18-15-19-7-11-21(24)12-8-19/h7-14,24-25H,3-6,15-18H2,1-2H3. The van der Waals surface area contributed by atoms with Crippen LogP contribution >= 0.6 is 0 Å². The molecule has 0 aliphatic rings. The van der Waals surface area contributed by atoms with Gasteiger partial charge in [-0.15, -0.1) is 0 Å². The van der Waals surface area contributed by atoms with E-state index in [4.69, 9.17) is 0 Å². The maximum Gasteiger partial charge on any atom is 0.115 e. The van der Waals surface area contributed by atoms with E-state index in [2.05, 4.69) is 26.0 Å². The molecule has 0 aliphatic carbocycles. The van der Waals surface area contributed by atoms with Crippen molar-refractivity contribution in [3.05, 3.63) is 59.7 Å². The number of benzene rings is 2. The average Bonchev–Trinajstić information content (AvgIpc) is 2.62.